The number of alkyl halides is 3. The minimum Gasteiger partial charge on any atom is -0.393 e. The van der Waals surface area contributed by atoms with Crippen molar-refractivity contribution in [3.63, 3.8) is 0 Å². The fourth-order valence-corrected chi connectivity index (χ4v) is 4.85. The van der Waals surface area contributed by atoms with E-state index in [0.717, 1.165) is 48.8 Å². The summed E-state index contributed by atoms with van der Waals surface area (Å²) in [7, 11) is 0. The van der Waals surface area contributed by atoms with Crippen LogP contribution in [0.15, 0.2) is 72.9 Å². The van der Waals surface area contributed by atoms with Gasteiger partial charge in [0.25, 0.3) is 0 Å². The summed E-state index contributed by atoms with van der Waals surface area (Å²) in [6.45, 7) is 6.89. The molecule has 1 heterocycles. The second-order valence-corrected chi connectivity index (χ2v) is 10.00. The maximum atomic E-state index is 13.1. The summed E-state index contributed by atoms with van der Waals surface area (Å²) in [5, 5.41) is 13.7. The van der Waals surface area contributed by atoms with Crippen LogP contribution in [0.4, 0.5) is 18.9 Å². The molecular weight excluding hydrogens is 461 g/mol. The maximum Gasteiger partial charge on any atom is 0.416 e. The Morgan fingerprint density at radius 3 is 2.36 bits per heavy atom. The van der Waals surface area contributed by atoms with Gasteiger partial charge in [0.15, 0.2) is 0 Å². The van der Waals surface area contributed by atoms with E-state index in [-0.39, 0.29) is 11.3 Å². The molecule has 0 saturated carbocycles. The van der Waals surface area contributed by atoms with E-state index in [2.05, 4.69) is 24.1 Å². The molecule has 2 aromatic carbocycles. The fraction of sp³-hybridized carbons (Fsp3) is 0.433. The third-order valence-corrected chi connectivity index (χ3v) is 7.33. The zero-order valence-corrected chi connectivity index (χ0v) is 21.4. The fourth-order valence-electron chi connectivity index (χ4n) is 4.85. The molecule has 0 aliphatic heterocycles. The van der Waals surface area contributed by atoms with Gasteiger partial charge in [-0.2, -0.15) is 13.2 Å². The van der Waals surface area contributed by atoms with Crippen LogP contribution in [-0.4, -0.2) is 22.7 Å². The van der Waals surface area contributed by atoms with Crippen molar-refractivity contribution in [3.05, 3.63) is 84.1 Å². The zero-order chi connectivity index (χ0) is 26.2. The third kappa shape index (κ3) is 7.82. The van der Waals surface area contributed by atoms with E-state index in [1.54, 1.807) is 19.2 Å². The molecule has 36 heavy (non-hydrogen) atoms. The maximum absolute atomic E-state index is 13.1. The highest BCUT2D eigenvalue weighted by molar-refractivity contribution is 5.62. The molecule has 0 bridgehead atoms. The Hall–Kier alpha value is -2.86. The van der Waals surface area contributed by atoms with E-state index in [1.165, 1.54) is 12.1 Å². The Balaban J connectivity index is 1.63. The number of halogens is 3. The molecule has 0 spiro atoms. The van der Waals surface area contributed by atoms with Gasteiger partial charge in [0, 0.05) is 24.0 Å². The lowest BCUT2D eigenvalue weighted by Gasteiger charge is -2.38. The summed E-state index contributed by atoms with van der Waals surface area (Å²) in [6.07, 6.45) is 0.762. The Kier molecular flexibility index (Phi) is 9.55. The molecule has 0 fully saturated rings. The molecule has 2 N–H and O–H groups in total. The lowest BCUT2D eigenvalue weighted by Crippen LogP contribution is -2.31. The second-order valence-electron chi connectivity index (χ2n) is 10.00. The number of nitrogens with one attached hydrogen (secondary N) is 1. The summed E-state index contributed by atoms with van der Waals surface area (Å²) in [4.78, 5) is 4.38. The monoisotopic (exact) mass is 498 g/mol. The molecule has 3 rings (SSSR count). The van der Waals surface area contributed by atoms with Crippen LogP contribution in [0.2, 0.25) is 0 Å². The number of hydrogen-bond acceptors (Lipinski definition) is 3. The first-order valence-electron chi connectivity index (χ1n) is 12.7. The highest BCUT2D eigenvalue weighted by Crippen LogP contribution is 2.41. The van der Waals surface area contributed by atoms with Crippen molar-refractivity contribution in [2.75, 3.05) is 11.9 Å². The molecule has 0 amide bonds. The largest absolute Gasteiger partial charge is 0.416 e. The molecule has 0 radical (unpaired) electrons. The summed E-state index contributed by atoms with van der Waals surface area (Å²) in [5.74, 6) is 0.230. The van der Waals surface area contributed by atoms with E-state index >= 15 is 0 Å². The van der Waals surface area contributed by atoms with E-state index in [1.807, 2.05) is 42.5 Å². The Morgan fingerprint density at radius 2 is 1.75 bits per heavy atom. The smallest absolute Gasteiger partial charge is 0.393 e. The lowest BCUT2D eigenvalue weighted by molar-refractivity contribution is -0.137. The van der Waals surface area contributed by atoms with Crippen molar-refractivity contribution in [3.8, 4) is 11.3 Å². The van der Waals surface area contributed by atoms with E-state index < -0.39 is 17.8 Å². The molecule has 3 aromatic rings. The molecule has 6 heteroatoms. The number of aliphatic hydroxyl groups is 1. The Morgan fingerprint density at radius 1 is 1.00 bits per heavy atom. The van der Waals surface area contributed by atoms with Crippen LogP contribution in [0.5, 0.6) is 0 Å². The van der Waals surface area contributed by atoms with Crippen molar-refractivity contribution >= 4 is 5.69 Å². The van der Waals surface area contributed by atoms with E-state index in [0.29, 0.717) is 18.4 Å². The number of nitrogens with zero attached hydrogens (tertiary/aromatic N) is 1. The highest BCUT2D eigenvalue weighted by atomic mass is 19.4. The number of aromatic nitrogens is 1. The van der Waals surface area contributed by atoms with Crippen LogP contribution in [0, 0.1) is 11.3 Å². The minimum atomic E-state index is -4.33. The van der Waals surface area contributed by atoms with Crippen LogP contribution in [-0.2, 0) is 12.6 Å². The minimum absolute atomic E-state index is 0.101. The Labute approximate surface area is 212 Å². The summed E-state index contributed by atoms with van der Waals surface area (Å²) < 4.78 is 39.4. The first-order valence-corrected chi connectivity index (χ1v) is 12.7. The zero-order valence-electron chi connectivity index (χ0n) is 21.4. The third-order valence-electron chi connectivity index (χ3n) is 7.33. The summed E-state index contributed by atoms with van der Waals surface area (Å²) in [6, 6.07) is 19.6. The average Bonchev–Trinajstić information content (AvgIpc) is 2.87. The molecule has 0 aliphatic rings. The van der Waals surface area contributed by atoms with Gasteiger partial charge in [-0.3, -0.25) is 4.98 Å². The van der Waals surface area contributed by atoms with Gasteiger partial charge >= 0.3 is 6.18 Å². The van der Waals surface area contributed by atoms with Gasteiger partial charge in [0.1, 0.15) is 0 Å². The number of aryl methyl sites for hydroxylation is 1. The molecule has 3 atom stereocenters. The van der Waals surface area contributed by atoms with Crippen LogP contribution in [0.3, 0.4) is 0 Å². The predicted molar refractivity (Wildman–Crippen MR) is 141 cm³/mol. The molecule has 2 unspecified atom stereocenters. The van der Waals surface area contributed by atoms with Crippen LogP contribution < -0.4 is 5.32 Å². The van der Waals surface area contributed by atoms with Gasteiger partial charge < -0.3 is 10.4 Å². The van der Waals surface area contributed by atoms with Crippen molar-refractivity contribution in [1.29, 1.82) is 0 Å². The average molecular weight is 499 g/mol. The van der Waals surface area contributed by atoms with Crippen LogP contribution in [0.25, 0.3) is 11.3 Å². The van der Waals surface area contributed by atoms with Crippen molar-refractivity contribution in [2.45, 2.75) is 65.2 Å². The Bertz CT molecular complexity index is 1070. The SMILES string of the molecule is CCC(C)(CCc1cccc(C(F)(F)F)c1)[C@H](CCNc1ccc(-c2ccccn2)cc1)CC(C)O. The summed E-state index contributed by atoms with van der Waals surface area (Å²) >= 11 is 0. The molecule has 1 aromatic heterocycles. The molecule has 3 nitrogen and oxygen atoms in total. The number of pyridine rings is 1. The number of hydrogen-bond donors (Lipinski definition) is 2. The number of anilines is 1. The van der Waals surface area contributed by atoms with Gasteiger partial charge in [-0.05, 0) is 79.8 Å². The second kappa shape index (κ2) is 12.4. The van der Waals surface area contributed by atoms with Crippen molar-refractivity contribution < 1.29 is 18.3 Å². The first kappa shape index (κ1) is 27.7. The normalized spacial score (nSPS) is 15.2. The predicted octanol–water partition coefficient (Wildman–Crippen LogP) is 8.01. The van der Waals surface area contributed by atoms with Gasteiger partial charge in [0.05, 0.1) is 17.4 Å². The number of aliphatic hydroxyl groups excluding tert-OH is 1. The van der Waals surface area contributed by atoms with Gasteiger partial charge in [0.2, 0.25) is 0 Å². The van der Waals surface area contributed by atoms with Gasteiger partial charge in [-0.1, -0.05) is 56.7 Å². The number of benzene rings is 2. The van der Waals surface area contributed by atoms with E-state index in [9.17, 15) is 18.3 Å². The first-order chi connectivity index (χ1) is 17.1. The van der Waals surface area contributed by atoms with Crippen LogP contribution >= 0.6 is 0 Å². The van der Waals surface area contributed by atoms with Crippen molar-refractivity contribution in [2.24, 2.45) is 11.3 Å². The van der Waals surface area contributed by atoms with Crippen LogP contribution in [0.1, 0.15) is 57.6 Å². The number of rotatable bonds is 12. The molecular formula is C30H37F3N2O. The standard InChI is InChI=1S/C30H37F3N2O/c1-4-29(3,17-15-23-8-7-9-26(21-23)30(31,32)33)25(20-22(2)36)16-19-34-27-13-11-24(12-14-27)28-10-5-6-18-35-28/h5-14,18,21-22,25,34,36H,4,15-17,19-20H2,1-3H3/t22?,25-,29?/m1/s1. The van der Waals surface area contributed by atoms with Crippen molar-refractivity contribution in [1.82, 2.24) is 4.98 Å². The lowest BCUT2D eigenvalue weighted by atomic mass is 9.68. The molecule has 0 saturated heterocycles. The summed E-state index contributed by atoms with van der Waals surface area (Å²) in [5.41, 5.74) is 3.01. The van der Waals surface area contributed by atoms with Gasteiger partial charge in [-0.15, -0.1) is 0 Å². The van der Waals surface area contributed by atoms with Gasteiger partial charge in [-0.25, -0.2) is 0 Å². The molecule has 0 aliphatic carbocycles. The van der Waals surface area contributed by atoms with E-state index in [4.69, 9.17) is 0 Å². The topological polar surface area (TPSA) is 45.2 Å². The quantitative estimate of drug-likeness (QED) is 0.266. The highest BCUT2D eigenvalue weighted by Gasteiger charge is 2.33. The molecule has 194 valence electrons.